The summed E-state index contributed by atoms with van der Waals surface area (Å²) >= 11 is 0. The van der Waals surface area contributed by atoms with Gasteiger partial charge in [-0.1, -0.05) is 129 Å². The minimum Gasteiger partial charge on any atom is -0.0654 e. The summed E-state index contributed by atoms with van der Waals surface area (Å²) in [4.78, 5) is 0. The number of rotatable bonds is 18. The molecule has 0 heteroatoms. The fraction of sp³-hybridized carbons (Fsp3) is 1.00. The number of unbranched alkanes of at least 4 members (excludes halogenated alkanes) is 1. The molecule has 5 unspecified atom stereocenters. The predicted molar refractivity (Wildman–Crippen MR) is 154 cm³/mol. The minimum atomic E-state index is 0.389. The molecule has 0 aromatic heterocycles. The van der Waals surface area contributed by atoms with E-state index in [4.69, 9.17) is 0 Å². The Labute approximate surface area is 212 Å². The molecule has 0 saturated heterocycles. The molecule has 0 aliphatic carbocycles. The first-order valence-corrected chi connectivity index (χ1v) is 15.2. The normalized spacial score (nSPS) is 18.7. The minimum absolute atomic E-state index is 0.389. The van der Waals surface area contributed by atoms with Gasteiger partial charge in [0.15, 0.2) is 0 Å². The standard InChI is InChI=1S/C33H68/c1-15-18-20-29(24(4)5)21-30(25(6)7)22-32(13,14)23-33(17-3,27(10)11)31(26(8)9)28(12)19-16-2/h24-31H,15-23H2,1-14H3. The first kappa shape index (κ1) is 33.0. The summed E-state index contributed by atoms with van der Waals surface area (Å²) in [6.45, 7) is 35.0. The molecular weight excluding hydrogens is 396 g/mol. The Kier molecular flexibility index (Phi) is 15.2. The highest BCUT2D eigenvalue weighted by molar-refractivity contribution is 4.96. The highest BCUT2D eigenvalue weighted by Crippen LogP contribution is 2.55. The van der Waals surface area contributed by atoms with Gasteiger partial charge in [0.2, 0.25) is 0 Å². The van der Waals surface area contributed by atoms with Gasteiger partial charge in [0.05, 0.1) is 0 Å². The first-order chi connectivity index (χ1) is 15.2. The Hall–Kier alpha value is 0. The smallest absolute Gasteiger partial charge is 0.0239 e. The largest absolute Gasteiger partial charge is 0.0654 e. The van der Waals surface area contributed by atoms with Crippen molar-refractivity contribution in [3.8, 4) is 0 Å². The molecule has 0 aliphatic heterocycles. The van der Waals surface area contributed by atoms with Crippen LogP contribution in [0.1, 0.15) is 155 Å². The van der Waals surface area contributed by atoms with Crippen molar-refractivity contribution >= 4 is 0 Å². The third-order valence-corrected chi connectivity index (χ3v) is 9.59. The molecule has 0 spiro atoms. The molecule has 0 rings (SSSR count). The molecule has 5 atom stereocenters. The Morgan fingerprint density at radius 2 is 1.18 bits per heavy atom. The maximum atomic E-state index is 2.62. The Bertz CT molecular complexity index is 482. The van der Waals surface area contributed by atoms with Crippen molar-refractivity contribution < 1.29 is 0 Å². The second kappa shape index (κ2) is 15.2. The van der Waals surface area contributed by atoms with Crippen LogP contribution in [0.15, 0.2) is 0 Å². The molecule has 0 bridgehead atoms. The molecule has 33 heavy (non-hydrogen) atoms. The molecule has 0 heterocycles. The fourth-order valence-corrected chi connectivity index (χ4v) is 7.84. The monoisotopic (exact) mass is 465 g/mol. The van der Waals surface area contributed by atoms with E-state index in [1.807, 2.05) is 0 Å². The van der Waals surface area contributed by atoms with Crippen LogP contribution in [-0.2, 0) is 0 Å². The van der Waals surface area contributed by atoms with Crippen molar-refractivity contribution in [3.05, 3.63) is 0 Å². The van der Waals surface area contributed by atoms with Gasteiger partial charge in [0.25, 0.3) is 0 Å². The van der Waals surface area contributed by atoms with E-state index in [1.165, 1.54) is 57.8 Å². The van der Waals surface area contributed by atoms with Gasteiger partial charge in [0.1, 0.15) is 0 Å². The molecule has 0 aliphatic rings. The van der Waals surface area contributed by atoms with Gasteiger partial charge in [0, 0.05) is 0 Å². The van der Waals surface area contributed by atoms with Gasteiger partial charge < -0.3 is 0 Å². The van der Waals surface area contributed by atoms with Crippen LogP contribution < -0.4 is 0 Å². The first-order valence-electron chi connectivity index (χ1n) is 15.2. The molecule has 0 radical (unpaired) electrons. The van der Waals surface area contributed by atoms with E-state index in [2.05, 4.69) is 96.9 Å². The zero-order valence-corrected chi connectivity index (χ0v) is 26.0. The molecule has 0 nitrogen and oxygen atoms in total. The van der Waals surface area contributed by atoms with Gasteiger partial charge in [-0.25, -0.2) is 0 Å². The van der Waals surface area contributed by atoms with E-state index in [0.717, 1.165) is 47.3 Å². The summed E-state index contributed by atoms with van der Waals surface area (Å²) in [6, 6.07) is 0. The van der Waals surface area contributed by atoms with Crippen molar-refractivity contribution in [1.82, 2.24) is 0 Å². The predicted octanol–water partition coefficient (Wildman–Crippen LogP) is 11.7. The highest BCUT2D eigenvalue weighted by Gasteiger charge is 2.47. The van der Waals surface area contributed by atoms with Crippen LogP contribution in [0.5, 0.6) is 0 Å². The van der Waals surface area contributed by atoms with E-state index in [-0.39, 0.29) is 0 Å². The van der Waals surface area contributed by atoms with Crippen molar-refractivity contribution in [1.29, 1.82) is 0 Å². The maximum Gasteiger partial charge on any atom is -0.0239 e. The van der Waals surface area contributed by atoms with E-state index in [9.17, 15) is 0 Å². The van der Waals surface area contributed by atoms with Crippen LogP contribution in [0, 0.1) is 58.2 Å². The van der Waals surface area contributed by atoms with Crippen LogP contribution in [0.2, 0.25) is 0 Å². The summed E-state index contributed by atoms with van der Waals surface area (Å²) < 4.78 is 0. The van der Waals surface area contributed by atoms with Crippen molar-refractivity contribution in [2.45, 2.75) is 155 Å². The molecule has 0 fully saturated rings. The van der Waals surface area contributed by atoms with Crippen LogP contribution in [0.4, 0.5) is 0 Å². The summed E-state index contributed by atoms with van der Waals surface area (Å²) in [6.07, 6.45) is 12.4. The van der Waals surface area contributed by atoms with Crippen LogP contribution in [-0.4, -0.2) is 0 Å². The van der Waals surface area contributed by atoms with Gasteiger partial charge >= 0.3 is 0 Å². The lowest BCUT2D eigenvalue weighted by Gasteiger charge is -2.53. The summed E-state index contributed by atoms with van der Waals surface area (Å²) in [7, 11) is 0. The zero-order chi connectivity index (χ0) is 26.0. The molecule has 0 saturated carbocycles. The molecule has 0 aromatic carbocycles. The van der Waals surface area contributed by atoms with Crippen molar-refractivity contribution in [3.63, 3.8) is 0 Å². The Balaban J connectivity index is 5.93. The quantitative estimate of drug-likeness (QED) is 0.189. The highest BCUT2D eigenvalue weighted by atomic mass is 14.5. The molecule has 0 aromatic rings. The van der Waals surface area contributed by atoms with Crippen molar-refractivity contribution in [2.75, 3.05) is 0 Å². The molecule has 0 amide bonds. The summed E-state index contributed by atoms with van der Waals surface area (Å²) in [5, 5.41) is 0. The summed E-state index contributed by atoms with van der Waals surface area (Å²) in [5.74, 6) is 6.44. The van der Waals surface area contributed by atoms with Gasteiger partial charge in [-0.05, 0) is 83.9 Å². The van der Waals surface area contributed by atoms with Crippen LogP contribution in [0.25, 0.3) is 0 Å². The van der Waals surface area contributed by atoms with E-state index < -0.39 is 0 Å². The van der Waals surface area contributed by atoms with Gasteiger partial charge in [-0.15, -0.1) is 0 Å². The molecule has 200 valence electrons. The summed E-state index contributed by atoms with van der Waals surface area (Å²) in [5.41, 5.74) is 0.827. The molecular formula is C33H68. The Morgan fingerprint density at radius 3 is 1.55 bits per heavy atom. The van der Waals surface area contributed by atoms with Gasteiger partial charge in [-0.3, -0.25) is 0 Å². The maximum absolute atomic E-state index is 2.62. The third-order valence-electron chi connectivity index (χ3n) is 9.59. The third kappa shape index (κ3) is 10.3. The number of hydrogen-bond donors (Lipinski definition) is 0. The van der Waals surface area contributed by atoms with E-state index >= 15 is 0 Å². The fourth-order valence-electron chi connectivity index (χ4n) is 7.84. The van der Waals surface area contributed by atoms with Gasteiger partial charge in [-0.2, -0.15) is 0 Å². The SMILES string of the molecule is CCCCC(CC(CC(C)(C)CC(CC)(C(C)C)C(C(C)C)C(C)CCC)C(C)C)C(C)C. The van der Waals surface area contributed by atoms with Crippen LogP contribution >= 0.6 is 0 Å². The van der Waals surface area contributed by atoms with Crippen molar-refractivity contribution in [2.24, 2.45) is 58.2 Å². The average Bonchev–Trinajstić information content (AvgIpc) is 2.68. The lowest BCUT2D eigenvalue weighted by atomic mass is 9.52. The van der Waals surface area contributed by atoms with E-state index in [1.54, 1.807) is 0 Å². The average molecular weight is 465 g/mol. The Morgan fingerprint density at radius 1 is 0.636 bits per heavy atom. The number of hydrogen-bond acceptors (Lipinski definition) is 0. The lowest BCUT2D eigenvalue weighted by Crippen LogP contribution is -2.45. The lowest BCUT2D eigenvalue weighted by molar-refractivity contribution is -0.0348. The second-order valence-corrected chi connectivity index (χ2v) is 14.2. The second-order valence-electron chi connectivity index (χ2n) is 14.2. The molecule has 0 N–H and O–H groups in total. The topological polar surface area (TPSA) is 0 Å². The zero-order valence-electron chi connectivity index (χ0n) is 26.0. The van der Waals surface area contributed by atoms with Crippen LogP contribution in [0.3, 0.4) is 0 Å². The van der Waals surface area contributed by atoms with E-state index in [0.29, 0.717) is 10.8 Å².